The van der Waals surface area contributed by atoms with Gasteiger partial charge in [-0.2, -0.15) is 0 Å². The van der Waals surface area contributed by atoms with Crippen molar-refractivity contribution in [2.75, 3.05) is 38.2 Å². The number of carbonyl (C=O) groups excluding carboxylic acids is 1. The second-order valence-corrected chi connectivity index (χ2v) is 6.83. The number of H-pyrrole nitrogens is 1. The number of halogens is 1. The Morgan fingerprint density at radius 1 is 1.08 bits per heavy atom. The van der Waals surface area contributed by atoms with Crippen LogP contribution in [0.4, 0.5) is 5.69 Å². The van der Waals surface area contributed by atoms with Gasteiger partial charge in [-0.3, -0.25) is 4.79 Å². The highest BCUT2D eigenvalue weighted by Gasteiger charge is 2.23. The molecule has 0 atom stereocenters. The van der Waals surface area contributed by atoms with Gasteiger partial charge in [-0.15, -0.1) is 0 Å². The van der Waals surface area contributed by atoms with Crippen molar-refractivity contribution in [3.63, 3.8) is 0 Å². The highest BCUT2D eigenvalue weighted by atomic mass is 35.5. The van der Waals surface area contributed by atoms with Crippen LogP contribution in [-0.4, -0.2) is 49.1 Å². The van der Waals surface area contributed by atoms with E-state index in [-0.39, 0.29) is 5.91 Å². The van der Waals surface area contributed by atoms with Gasteiger partial charge < -0.3 is 19.5 Å². The van der Waals surface area contributed by atoms with E-state index in [1.54, 1.807) is 7.11 Å². The lowest BCUT2D eigenvalue weighted by atomic mass is 10.2. The number of ether oxygens (including phenoxy) is 1. The van der Waals surface area contributed by atoms with Gasteiger partial charge >= 0.3 is 0 Å². The number of methoxy groups -OCH3 is 1. The highest BCUT2D eigenvalue weighted by Crippen LogP contribution is 2.24. The largest absolute Gasteiger partial charge is 0.497 e. The van der Waals surface area contributed by atoms with E-state index in [1.807, 2.05) is 47.4 Å². The predicted molar refractivity (Wildman–Crippen MR) is 104 cm³/mol. The van der Waals surface area contributed by atoms with Crippen molar-refractivity contribution in [2.24, 2.45) is 0 Å². The molecule has 1 saturated heterocycles. The first-order valence-electron chi connectivity index (χ1n) is 8.60. The number of nitrogens with one attached hydrogen (secondary N) is 1. The zero-order chi connectivity index (χ0) is 18.1. The summed E-state index contributed by atoms with van der Waals surface area (Å²) in [6.07, 6.45) is 0. The summed E-state index contributed by atoms with van der Waals surface area (Å²) >= 11 is 6.08. The first-order valence-corrected chi connectivity index (χ1v) is 8.98. The normalized spacial score (nSPS) is 14.7. The minimum atomic E-state index is 0.0333. The van der Waals surface area contributed by atoms with Crippen molar-refractivity contribution >= 4 is 34.1 Å². The fourth-order valence-corrected chi connectivity index (χ4v) is 3.54. The molecular formula is C20H20ClN3O2. The summed E-state index contributed by atoms with van der Waals surface area (Å²) in [7, 11) is 1.63. The van der Waals surface area contributed by atoms with Crippen LogP contribution < -0.4 is 9.64 Å². The van der Waals surface area contributed by atoms with Crippen LogP contribution in [0.25, 0.3) is 10.9 Å². The van der Waals surface area contributed by atoms with E-state index < -0.39 is 0 Å². The van der Waals surface area contributed by atoms with Crippen LogP contribution >= 0.6 is 11.6 Å². The van der Waals surface area contributed by atoms with Crippen molar-refractivity contribution < 1.29 is 9.53 Å². The molecule has 1 aliphatic rings. The number of amides is 1. The summed E-state index contributed by atoms with van der Waals surface area (Å²) in [5.41, 5.74) is 2.62. The first-order chi connectivity index (χ1) is 12.6. The van der Waals surface area contributed by atoms with Crippen molar-refractivity contribution in [1.82, 2.24) is 9.88 Å². The molecule has 0 unspecified atom stereocenters. The number of fused-ring (bicyclic) bond motifs is 1. The fraction of sp³-hybridized carbons (Fsp3) is 0.250. The summed E-state index contributed by atoms with van der Waals surface area (Å²) in [4.78, 5) is 20.2. The number of benzene rings is 2. The summed E-state index contributed by atoms with van der Waals surface area (Å²) in [6, 6.07) is 15.5. The number of rotatable bonds is 3. The molecule has 0 radical (unpaired) electrons. The molecule has 134 valence electrons. The molecule has 0 spiro atoms. The molecule has 1 aromatic heterocycles. The minimum Gasteiger partial charge on any atom is -0.497 e. The zero-order valence-corrected chi connectivity index (χ0v) is 15.3. The van der Waals surface area contributed by atoms with Crippen LogP contribution in [0.2, 0.25) is 5.02 Å². The lowest BCUT2D eigenvalue weighted by Crippen LogP contribution is -2.48. The molecule has 0 aliphatic carbocycles. The molecular weight excluding hydrogens is 350 g/mol. The van der Waals surface area contributed by atoms with Gasteiger partial charge in [-0.05, 0) is 36.4 Å². The number of aromatic amines is 1. The number of hydrogen-bond donors (Lipinski definition) is 1. The number of aromatic nitrogens is 1. The van der Waals surface area contributed by atoms with Gasteiger partial charge in [0.2, 0.25) is 0 Å². The second-order valence-electron chi connectivity index (χ2n) is 6.40. The van der Waals surface area contributed by atoms with E-state index in [0.717, 1.165) is 40.5 Å². The van der Waals surface area contributed by atoms with Crippen molar-refractivity contribution in [1.29, 1.82) is 0 Å². The molecule has 1 N–H and O–H groups in total. The maximum absolute atomic E-state index is 12.8. The Labute approximate surface area is 157 Å². The number of piperazine rings is 1. The minimum absolute atomic E-state index is 0.0333. The Morgan fingerprint density at radius 3 is 2.62 bits per heavy atom. The van der Waals surface area contributed by atoms with Gasteiger partial charge in [0.05, 0.1) is 7.11 Å². The Bertz CT molecular complexity index is 945. The SMILES string of the molecule is COc1ccc2cc(C(=O)N3CCN(c4cccc(Cl)c4)CC3)[nH]c2c1. The molecule has 5 nitrogen and oxygen atoms in total. The van der Waals surface area contributed by atoms with E-state index in [0.29, 0.717) is 18.8 Å². The molecule has 6 heteroatoms. The van der Waals surface area contributed by atoms with Gasteiger partial charge in [-0.1, -0.05) is 17.7 Å². The van der Waals surface area contributed by atoms with Crippen LogP contribution in [-0.2, 0) is 0 Å². The van der Waals surface area contributed by atoms with E-state index in [2.05, 4.69) is 16.0 Å². The monoisotopic (exact) mass is 369 g/mol. The number of anilines is 1. The third-order valence-electron chi connectivity index (χ3n) is 4.80. The van der Waals surface area contributed by atoms with E-state index in [1.165, 1.54) is 0 Å². The Morgan fingerprint density at radius 2 is 1.88 bits per heavy atom. The topological polar surface area (TPSA) is 48.6 Å². The molecule has 1 aliphatic heterocycles. The fourth-order valence-electron chi connectivity index (χ4n) is 3.36. The Hall–Kier alpha value is -2.66. The summed E-state index contributed by atoms with van der Waals surface area (Å²) in [5, 5.41) is 1.74. The molecule has 0 saturated carbocycles. The molecule has 2 aromatic carbocycles. The van der Waals surface area contributed by atoms with Crippen LogP contribution in [0, 0.1) is 0 Å². The van der Waals surface area contributed by atoms with Gasteiger partial charge in [0, 0.05) is 53.9 Å². The molecule has 4 rings (SSSR count). The zero-order valence-electron chi connectivity index (χ0n) is 14.5. The smallest absolute Gasteiger partial charge is 0.270 e. The van der Waals surface area contributed by atoms with Crippen LogP contribution in [0.1, 0.15) is 10.5 Å². The van der Waals surface area contributed by atoms with Crippen LogP contribution in [0.3, 0.4) is 0 Å². The van der Waals surface area contributed by atoms with Gasteiger partial charge in [-0.25, -0.2) is 0 Å². The molecule has 2 heterocycles. The van der Waals surface area contributed by atoms with Crippen molar-refractivity contribution in [3.8, 4) is 5.75 Å². The van der Waals surface area contributed by atoms with Crippen molar-refractivity contribution in [3.05, 3.63) is 59.2 Å². The second kappa shape index (κ2) is 6.92. The standard InChI is InChI=1S/C20H20ClN3O2/c1-26-17-6-5-14-11-19(22-18(14)13-17)20(25)24-9-7-23(8-10-24)16-4-2-3-15(21)12-16/h2-6,11-13,22H,7-10H2,1H3. The van der Waals surface area contributed by atoms with E-state index >= 15 is 0 Å². The summed E-state index contributed by atoms with van der Waals surface area (Å²) in [5.74, 6) is 0.805. The molecule has 1 amide bonds. The number of hydrogen-bond acceptors (Lipinski definition) is 3. The Balaban J connectivity index is 1.46. The molecule has 26 heavy (non-hydrogen) atoms. The number of carbonyl (C=O) groups is 1. The average Bonchev–Trinajstić information content (AvgIpc) is 3.10. The van der Waals surface area contributed by atoms with Gasteiger partial charge in [0.1, 0.15) is 11.4 Å². The first kappa shape index (κ1) is 16.8. The van der Waals surface area contributed by atoms with Gasteiger partial charge in [0.25, 0.3) is 5.91 Å². The maximum Gasteiger partial charge on any atom is 0.270 e. The highest BCUT2D eigenvalue weighted by molar-refractivity contribution is 6.30. The third-order valence-corrected chi connectivity index (χ3v) is 5.04. The van der Waals surface area contributed by atoms with Gasteiger partial charge in [0.15, 0.2) is 0 Å². The van der Waals surface area contributed by atoms with E-state index in [4.69, 9.17) is 16.3 Å². The predicted octanol–water partition coefficient (Wildman–Crippen LogP) is 3.79. The lowest BCUT2D eigenvalue weighted by Gasteiger charge is -2.36. The molecule has 0 bridgehead atoms. The van der Waals surface area contributed by atoms with Crippen molar-refractivity contribution in [2.45, 2.75) is 0 Å². The quantitative estimate of drug-likeness (QED) is 0.764. The maximum atomic E-state index is 12.8. The van der Waals surface area contributed by atoms with E-state index in [9.17, 15) is 4.79 Å². The molecule has 3 aromatic rings. The van der Waals surface area contributed by atoms with Crippen LogP contribution in [0.15, 0.2) is 48.5 Å². The molecule has 1 fully saturated rings. The third kappa shape index (κ3) is 3.22. The summed E-state index contributed by atoms with van der Waals surface area (Å²) < 4.78 is 5.24. The summed E-state index contributed by atoms with van der Waals surface area (Å²) in [6.45, 7) is 2.95. The average molecular weight is 370 g/mol. The van der Waals surface area contributed by atoms with Crippen LogP contribution in [0.5, 0.6) is 5.75 Å². The number of nitrogens with zero attached hydrogens (tertiary/aromatic N) is 2. The lowest BCUT2D eigenvalue weighted by molar-refractivity contribution is 0.0742. The Kier molecular flexibility index (Phi) is 4.47.